The number of fused-ring (bicyclic) bond motifs is 1. The first-order valence-electron chi connectivity index (χ1n) is 12.4. The molecular formula is C29H34N2O3S. The van der Waals surface area contributed by atoms with Crippen molar-refractivity contribution >= 4 is 28.2 Å². The average molecular weight is 491 g/mol. The molecule has 3 aromatic rings. The molecule has 0 aliphatic carbocycles. The number of ether oxygens (including phenoxy) is 1. The van der Waals surface area contributed by atoms with Gasteiger partial charge >= 0.3 is 5.97 Å². The number of hydrogen-bond acceptors (Lipinski definition) is 5. The number of piperidine rings is 1. The highest BCUT2D eigenvalue weighted by atomic mass is 32.1. The van der Waals surface area contributed by atoms with Crippen LogP contribution in [0.2, 0.25) is 0 Å². The van der Waals surface area contributed by atoms with Gasteiger partial charge in [0.15, 0.2) is 0 Å². The summed E-state index contributed by atoms with van der Waals surface area (Å²) in [5.41, 5.74) is 3.53. The first kappa shape index (κ1) is 25.2. The van der Waals surface area contributed by atoms with Gasteiger partial charge in [0, 0.05) is 24.5 Å². The number of benzene rings is 1. The van der Waals surface area contributed by atoms with Crippen molar-refractivity contribution in [2.45, 2.75) is 45.4 Å². The van der Waals surface area contributed by atoms with Crippen LogP contribution in [-0.2, 0) is 11.2 Å². The predicted molar refractivity (Wildman–Crippen MR) is 142 cm³/mol. The Morgan fingerprint density at radius 2 is 2.14 bits per heavy atom. The lowest BCUT2D eigenvalue weighted by atomic mass is 9.79. The molecule has 1 aliphatic heterocycles. The standard InChI is InChI=1S/C29H34N2O3S/c1-21-14-18-35-28(21)7-4-16-31-17-13-22(24(20-31)8-11-29(32)33)5-3-6-23-12-15-30-27-10-9-25(34-2)19-26(23)27/h9-10,12,14-15,18-19,22,24H,3,5-6,8,11,13,16-17,20H2,1-2H3,(H,32,33)/t22-,24+/m1/s1. The Morgan fingerprint density at radius 3 is 2.91 bits per heavy atom. The minimum Gasteiger partial charge on any atom is -0.497 e. The summed E-state index contributed by atoms with van der Waals surface area (Å²) in [6.45, 7) is 4.81. The number of thiophene rings is 1. The molecule has 5 nitrogen and oxygen atoms in total. The van der Waals surface area contributed by atoms with Gasteiger partial charge in [-0.15, -0.1) is 11.3 Å². The SMILES string of the molecule is COc1ccc2nccc(CCC[C@@H]3CCN(CC#Cc4sccc4C)C[C@@H]3CCC(=O)O)c2c1. The van der Waals surface area contributed by atoms with Gasteiger partial charge in [0.25, 0.3) is 0 Å². The minimum absolute atomic E-state index is 0.240. The van der Waals surface area contributed by atoms with Crippen molar-refractivity contribution < 1.29 is 14.6 Å². The van der Waals surface area contributed by atoms with Crippen LogP contribution in [0.25, 0.3) is 10.9 Å². The van der Waals surface area contributed by atoms with E-state index in [1.807, 2.05) is 18.3 Å². The number of carboxylic acids is 1. The normalized spacial score (nSPS) is 18.2. The second kappa shape index (κ2) is 12.2. The van der Waals surface area contributed by atoms with Crippen molar-refractivity contribution in [3.63, 3.8) is 0 Å². The Hall–Kier alpha value is -2.88. The maximum atomic E-state index is 11.3. The van der Waals surface area contributed by atoms with Gasteiger partial charge in [0.05, 0.1) is 24.0 Å². The second-order valence-corrected chi connectivity index (χ2v) is 10.4. The van der Waals surface area contributed by atoms with Crippen LogP contribution in [0.1, 0.15) is 48.1 Å². The van der Waals surface area contributed by atoms with Crippen molar-refractivity contribution in [3.05, 3.63) is 57.9 Å². The molecular weight excluding hydrogens is 456 g/mol. The van der Waals surface area contributed by atoms with Gasteiger partial charge in [0.1, 0.15) is 5.75 Å². The van der Waals surface area contributed by atoms with E-state index in [0.717, 1.165) is 73.3 Å². The van der Waals surface area contributed by atoms with Gasteiger partial charge in [-0.3, -0.25) is 14.7 Å². The smallest absolute Gasteiger partial charge is 0.303 e. The van der Waals surface area contributed by atoms with Crippen LogP contribution in [0.4, 0.5) is 0 Å². The molecule has 4 rings (SSSR count). The summed E-state index contributed by atoms with van der Waals surface area (Å²) in [4.78, 5) is 19.3. The van der Waals surface area contributed by atoms with Crippen LogP contribution in [0.5, 0.6) is 5.75 Å². The molecule has 0 amide bonds. The lowest BCUT2D eigenvalue weighted by Crippen LogP contribution is -2.41. The number of aliphatic carboxylic acids is 1. The molecule has 1 fully saturated rings. The summed E-state index contributed by atoms with van der Waals surface area (Å²) in [6.07, 6.45) is 7.16. The highest BCUT2D eigenvalue weighted by molar-refractivity contribution is 7.10. The molecule has 1 aliphatic rings. The van der Waals surface area contributed by atoms with Crippen LogP contribution in [-0.4, -0.2) is 47.7 Å². The third-order valence-corrected chi connectivity index (χ3v) is 8.06. The summed E-state index contributed by atoms with van der Waals surface area (Å²) >= 11 is 1.69. The summed E-state index contributed by atoms with van der Waals surface area (Å²) < 4.78 is 5.41. The van der Waals surface area contributed by atoms with E-state index in [2.05, 4.69) is 52.2 Å². The first-order valence-corrected chi connectivity index (χ1v) is 13.3. The van der Waals surface area contributed by atoms with Crippen LogP contribution in [0.15, 0.2) is 41.9 Å². The van der Waals surface area contributed by atoms with E-state index in [4.69, 9.17) is 4.74 Å². The van der Waals surface area contributed by atoms with Gasteiger partial charge in [-0.05, 0) is 104 Å². The van der Waals surface area contributed by atoms with Crippen molar-refractivity contribution in [3.8, 4) is 17.6 Å². The number of carbonyl (C=O) groups is 1. The number of nitrogens with zero attached hydrogens (tertiary/aromatic N) is 2. The molecule has 3 heterocycles. The van der Waals surface area contributed by atoms with Gasteiger partial charge < -0.3 is 9.84 Å². The van der Waals surface area contributed by atoms with E-state index in [1.165, 1.54) is 11.1 Å². The molecule has 0 saturated carbocycles. The molecule has 2 aromatic heterocycles. The van der Waals surface area contributed by atoms with Crippen molar-refractivity contribution in [1.82, 2.24) is 9.88 Å². The van der Waals surface area contributed by atoms with Gasteiger partial charge in [-0.25, -0.2) is 0 Å². The number of aromatic nitrogens is 1. The molecule has 2 atom stereocenters. The fraction of sp³-hybridized carbons (Fsp3) is 0.448. The third kappa shape index (κ3) is 6.84. The Morgan fingerprint density at radius 1 is 1.26 bits per heavy atom. The van der Waals surface area contributed by atoms with E-state index in [9.17, 15) is 9.90 Å². The minimum atomic E-state index is -0.703. The number of pyridine rings is 1. The monoisotopic (exact) mass is 490 g/mol. The quantitative estimate of drug-likeness (QED) is 0.385. The number of carboxylic acid groups (broad SMARTS) is 1. The fourth-order valence-corrected chi connectivity index (χ4v) is 5.92. The molecule has 0 spiro atoms. The zero-order valence-electron chi connectivity index (χ0n) is 20.6. The van der Waals surface area contributed by atoms with Crippen LogP contribution in [0, 0.1) is 30.6 Å². The average Bonchev–Trinajstić information content (AvgIpc) is 3.28. The van der Waals surface area contributed by atoms with E-state index < -0.39 is 5.97 Å². The number of aryl methyl sites for hydroxylation is 2. The Balaban J connectivity index is 1.36. The highest BCUT2D eigenvalue weighted by Gasteiger charge is 2.29. The number of methoxy groups -OCH3 is 1. The highest BCUT2D eigenvalue weighted by Crippen LogP contribution is 2.32. The largest absolute Gasteiger partial charge is 0.497 e. The van der Waals surface area contributed by atoms with Crippen LogP contribution >= 0.6 is 11.3 Å². The summed E-state index contributed by atoms with van der Waals surface area (Å²) in [5.74, 6) is 7.76. The van der Waals surface area contributed by atoms with E-state index in [0.29, 0.717) is 11.8 Å². The number of hydrogen-bond donors (Lipinski definition) is 1. The Labute approximate surface area is 212 Å². The fourth-order valence-electron chi connectivity index (χ4n) is 5.13. The molecule has 1 aromatic carbocycles. The van der Waals surface area contributed by atoms with E-state index in [1.54, 1.807) is 18.4 Å². The van der Waals surface area contributed by atoms with Gasteiger partial charge in [0.2, 0.25) is 0 Å². The van der Waals surface area contributed by atoms with Crippen molar-refractivity contribution in [2.75, 3.05) is 26.7 Å². The lowest BCUT2D eigenvalue weighted by molar-refractivity contribution is -0.137. The van der Waals surface area contributed by atoms with Crippen molar-refractivity contribution in [2.24, 2.45) is 11.8 Å². The van der Waals surface area contributed by atoms with Gasteiger partial charge in [-0.1, -0.05) is 11.8 Å². The number of rotatable bonds is 9. The van der Waals surface area contributed by atoms with E-state index in [-0.39, 0.29) is 6.42 Å². The molecule has 0 radical (unpaired) electrons. The zero-order valence-corrected chi connectivity index (χ0v) is 21.4. The summed E-state index contributed by atoms with van der Waals surface area (Å²) in [6, 6.07) is 10.3. The number of likely N-dealkylation sites (tertiary alicyclic amines) is 1. The van der Waals surface area contributed by atoms with E-state index >= 15 is 0 Å². The molecule has 0 bridgehead atoms. The maximum absolute atomic E-state index is 11.3. The molecule has 1 N–H and O–H groups in total. The van der Waals surface area contributed by atoms with Crippen LogP contribution in [0.3, 0.4) is 0 Å². The molecule has 35 heavy (non-hydrogen) atoms. The lowest BCUT2D eigenvalue weighted by Gasteiger charge is -2.38. The third-order valence-electron chi connectivity index (χ3n) is 7.13. The molecule has 1 saturated heterocycles. The zero-order chi connectivity index (χ0) is 24.6. The summed E-state index contributed by atoms with van der Waals surface area (Å²) in [7, 11) is 1.69. The summed E-state index contributed by atoms with van der Waals surface area (Å²) in [5, 5.41) is 12.5. The van der Waals surface area contributed by atoms with Crippen LogP contribution < -0.4 is 4.74 Å². The molecule has 6 heteroatoms. The Bertz CT molecular complexity index is 1210. The van der Waals surface area contributed by atoms with Crippen molar-refractivity contribution in [1.29, 1.82) is 0 Å². The topological polar surface area (TPSA) is 62.7 Å². The molecule has 0 unspecified atom stereocenters. The first-order chi connectivity index (χ1) is 17.0. The second-order valence-electron chi connectivity index (χ2n) is 9.46. The maximum Gasteiger partial charge on any atom is 0.303 e. The predicted octanol–water partition coefficient (Wildman–Crippen LogP) is 5.79. The Kier molecular flexibility index (Phi) is 8.79. The van der Waals surface area contributed by atoms with Gasteiger partial charge in [-0.2, -0.15) is 0 Å². The molecule has 184 valence electrons.